The molecule has 0 bridgehead atoms. The molecule has 3 aromatic carbocycles. The Labute approximate surface area is 220 Å². The predicted molar refractivity (Wildman–Crippen MR) is 148 cm³/mol. The number of benzene rings is 3. The van der Waals surface area contributed by atoms with E-state index in [9.17, 15) is 14.7 Å². The van der Waals surface area contributed by atoms with Crippen LogP contribution in [0, 0.1) is 0 Å². The van der Waals surface area contributed by atoms with Crippen LogP contribution in [0.2, 0.25) is 0 Å². The second-order valence-electron chi connectivity index (χ2n) is 8.60. The minimum Gasteiger partial charge on any atom is -0.480 e. The third-order valence-electron chi connectivity index (χ3n) is 6.01. The average molecular weight is 512 g/mol. The summed E-state index contributed by atoms with van der Waals surface area (Å²) in [6, 6.07) is 32.4. The molecule has 6 nitrogen and oxygen atoms in total. The molecule has 0 radical (unpaired) electrons. The molecule has 1 atom stereocenters. The molecule has 0 fully saturated rings. The quantitative estimate of drug-likeness (QED) is 0.144. The van der Waals surface area contributed by atoms with Crippen molar-refractivity contribution in [3.63, 3.8) is 0 Å². The van der Waals surface area contributed by atoms with Crippen LogP contribution in [0.25, 0.3) is 0 Å². The topological polar surface area (TPSA) is 105 Å². The Kier molecular flexibility index (Phi) is 8.84. The first kappa shape index (κ1) is 25.9. The van der Waals surface area contributed by atoms with Gasteiger partial charge in [0.15, 0.2) is 0 Å². The summed E-state index contributed by atoms with van der Waals surface area (Å²) in [5, 5.41) is 12.4. The van der Waals surface area contributed by atoms with Crippen molar-refractivity contribution in [1.29, 1.82) is 0 Å². The van der Waals surface area contributed by atoms with Crippen LogP contribution in [0.3, 0.4) is 0 Å². The van der Waals surface area contributed by atoms with Gasteiger partial charge in [-0.15, -0.1) is 11.3 Å². The molecule has 1 amide bonds. The molecule has 4 aromatic rings. The summed E-state index contributed by atoms with van der Waals surface area (Å²) in [7, 11) is 0. The van der Waals surface area contributed by atoms with Crippen molar-refractivity contribution in [2.75, 3.05) is 6.54 Å². The average Bonchev–Trinajstić information content (AvgIpc) is 3.42. The maximum absolute atomic E-state index is 13.0. The number of rotatable bonds is 11. The summed E-state index contributed by atoms with van der Waals surface area (Å²) < 4.78 is 0. The largest absolute Gasteiger partial charge is 0.480 e. The Balaban J connectivity index is 1.42. The van der Waals surface area contributed by atoms with Crippen LogP contribution in [0.1, 0.15) is 50.0 Å². The lowest BCUT2D eigenvalue weighted by atomic mass is 9.90. The lowest BCUT2D eigenvalue weighted by Gasteiger charge is -2.17. The third-order valence-corrected chi connectivity index (χ3v) is 7.16. The van der Waals surface area contributed by atoms with Crippen LogP contribution < -0.4 is 11.1 Å². The number of carboxylic acids is 1. The first-order valence-corrected chi connectivity index (χ1v) is 12.9. The maximum atomic E-state index is 13.0. The van der Waals surface area contributed by atoms with E-state index in [1.807, 2.05) is 72.8 Å². The Morgan fingerprint density at radius 1 is 0.838 bits per heavy atom. The fraction of sp³-hybridized carbons (Fsp3) is 0.167. The van der Waals surface area contributed by atoms with Gasteiger partial charge in [-0.05, 0) is 36.1 Å². The lowest BCUT2D eigenvalue weighted by molar-refractivity contribution is -0.139. The Bertz CT molecular complexity index is 1300. The molecule has 7 heteroatoms. The zero-order chi connectivity index (χ0) is 26.0. The van der Waals surface area contributed by atoms with Gasteiger partial charge in [0.1, 0.15) is 11.9 Å². The number of carbonyl (C=O) groups excluding carboxylic acids is 1. The summed E-state index contributed by atoms with van der Waals surface area (Å²) in [6.07, 6.45) is 0.728. The Morgan fingerprint density at radius 3 is 1.97 bits per heavy atom. The molecule has 1 heterocycles. The molecule has 4 rings (SSSR count). The molecule has 0 unspecified atom stereocenters. The van der Waals surface area contributed by atoms with E-state index in [-0.39, 0.29) is 12.3 Å². The Morgan fingerprint density at radius 2 is 1.41 bits per heavy atom. The molecule has 1 aromatic heterocycles. The van der Waals surface area contributed by atoms with E-state index in [0.717, 1.165) is 21.6 Å². The summed E-state index contributed by atoms with van der Waals surface area (Å²) in [5.41, 5.74) is 9.08. The first-order chi connectivity index (χ1) is 18.0. The van der Waals surface area contributed by atoms with E-state index in [4.69, 9.17) is 5.73 Å². The van der Waals surface area contributed by atoms with E-state index < -0.39 is 17.9 Å². The minimum absolute atomic E-state index is 0.0165. The van der Waals surface area contributed by atoms with Gasteiger partial charge in [0.05, 0.1) is 4.88 Å². The van der Waals surface area contributed by atoms with Gasteiger partial charge in [-0.3, -0.25) is 9.79 Å². The van der Waals surface area contributed by atoms with E-state index in [1.165, 1.54) is 11.3 Å². The second-order valence-corrected chi connectivity index (χ2v) is 9.71. The third kappa shape index (κ3) is 6.92. The highest BCUT2D eigenvalue weighted by Crippen LogP contribution is 2.36. The normalized spacial score (nSPS) is 12.3. The number of nitrogens with zero attached hydrogens (tertiary/aromatic N) is 1. The molecule has 0 aliphatic rings. The molecule has 188 valence electrons. The number of amides is 1. The summed E-state index contributed by atoms with van der Waals surface area (Å²) in [4.78, 5) is 30.6. The van der Waals surface area contributed by atoms with Crippen LogP contribution in [-0.2, 0) is 4.79 Å². The minimum atomic E-state index is -1.07. The number of aliphatic carboxylic acids is 1. The molecule has 0 saturated carbocycles. The monoisotopic (exact) mass is 511 g/mol. The van der Waals surface area contributed by atoms with Crippen LogP contribution in [0.4, 0.5) is 0 Å². The molecule has 0 aliphatic heterocycles. The zero-order valence-electron chi connectivity index (χ0n) is 20.3. The van der Waals surface area contributed by atoms with Gasteiger partial charge in [-0.2, -0.15) is 0 Å². The maximum Gasteiger partial charge on any atom is 0.326 e. The molecular weight excluding hydrogens is 482 g/mol. The predicted octanol–water partition coefficient (Wildman–Crippen LogP) is 5.30. The van der Waals surface area contributed by atoms with E-state index >= 15 is 0 Å². The number of carboxylic acid groups (broad SMARTS) is 1. The van der Waals surface area contributed by atoms with Gasteiger partial charge in [0, 0.05) is 22.9 Å². The molecule has 0 aliphatic carbocycles. The van der Waals surface area contributed by atoms with Gasteiger partial charge >= 0.3 is 5.97 Å². The number of hydrogen-bond acceptors (Lipinski definition) is 4. The molecular formula is C30H29N3O3S. The van der Waals surface area contributed by atoms with Crippen LogP contribution >= 0.6 is 11.3 Å². The highest BCUT2D eigenvalue weighted by Gasteiger charge is 2.23. The van der Waals surface area contributed by atoms with Crippen molar-refractivity contribution in [3.8, 4) is 0 Å². The summed E-state index contributed by atoms with van der Waals surface area (Å²) in [6.45, 7) is 0.374. The van der Waals surface area contributed by atoms with Crippen molar-refractivity contribution >= 4 is 29.0 Å². The van der Waals surface area contributed by atoms with Crippen LogP contribution in [0.15, 0.2) is 108 Å². The highest BCUT2D eigenvalue weighted by atomic mass is 32.1. The number of nitrogens with two attached hydrogens (primary N) is 1. The van der Waals surface area contributed by atoms with E-state index in [2.05, 4.69) is 34.6 Å². The number of hydrogen-bond donors (Lipinski definition) is 3. The fourth-order valence-electron chi connectivity index (χ4n) is 4.12. The first-order valence-electron chi connectivity index (χ1n) is 12.1. The van der Waals surface area contributed by atoms with Crippen molar-refractivity contribution in [2.24, 2.45) is 10.7 Å². The molecule has 37 heavy (non-hydrogen) atoms. The van der Waals surface area contributed by atoms with Crippen LogP contribution in [-0.4, -0.2) is 35.4 Å². The summed E-state index contributed by atoms with van der Waals surface area (Å²) in [5.74, 6) is -1.07. The van der Waals surface area contributed by atoms with Crippen molar-refractivity contribution in [1.82, 2.24) is 5.32 Å². The molecule has 4 N–H and O–H groups in total. The fourth-order valence-corrected chi connectivity index (χ4v) is 5.19. The smallest absolute Gasteiger partial charge is 0.326 e. The number of thiophene rings is 1. The molecule has 0 saturated heterocycles. The van der Waals surface area contributed by atoms with Crippen LogP contribution in [0.5, 0.6) is 0 Å². The van der Waals surface area contributed by atoms with Crippen molar-refractivity contribution in [3.05, 3.63) is 130 Å². The lowest BCUT2D eigenvalue weighted by Crippen LogP contribution is -2.40. The number of aliphatic imine (C=N–C) groups is 1. The van der Waals surface area contributed by atoms with Gasteiger partial charge in [-0.1, -0.05) is 91.0 Å². The van der Waals surface area contributed by atoms with Crippen molar-refractivity contribution < 1.29 is 14.7 Å². The SMILES string of the molecule is NC(=NCCC[C@H](NC(=O)c1ccc(C(c2ccccc2)c2ccccc2)s1)C(=O)O)c1ccccc1. The van der Waals surface area contributed by atoms with Gasteiger partial charge in [0.2, 0.25) is 0 Å². The Hall–Kier alpha value is -4.23. The molecule has 0 spiro atoms. The zero-order valence-corrected chi connectivity index (χ0v) is 21.1. The number of nitrogens with one attached hydrogen (secondary N) is 1. The van der Waals surface area contributed by atoms with Gasteiger partial charge in [-0.25, -0.2) is 4.79 Å². The van der Waals surface area contributed by atoms with E-state index in [1.54, 1.807) is 6.07 Å². The van der Waals surface area contributed by atoms with Gasteiger partial charge < -0.3 is 16.2 Å². The summed E-state index contributed by atoms with van der Waals surface area (Å²) >= 11 is 1.38. The highest BCUT2D eigenvalue weighted by molar-refractivity contribution is 7.14. The van der Waals surface area contributed by atoms with Crippen molar-refractivity contribution in [2.45, 2.75) is 24.8 Å². The number of amidine groups is 1. The van der Waals surface area contributed by atoms with Gasteiger partial charge in [0.25, 0.3) is 5.91 Å². The second kappa shape index (κ2) is 12.6. The standard InChI is InChI=1S/C30H29N3O3S/c31-28(23-15-8-3-9-16-23)32-20-10-17-24(30(35)36)33-29(34)26-19-18-25(37-26)27(21-11-4-1-5-12-21)22-13-6-2-7-14-22/h1-9,11-16,18-19,24,27H,10,17,20H2,(H2,31,32)(H,33,34)(H,35,36)/t24-/m0/s1. The number of carbonyl (C=O) groups is 2. The van der Waals surface area contributed by atoms with E-state index in [0.29, 0.717) is 23.7 Å².